The SMILES string of the molecule is COc1cc(/C=C(\C#N)C(=O)c2c(C)[nH]c3ccccc23)cc(OC)c1. The fourth-order valence-corrected chi connectivity index (χ4v) is 2.93. The minimum Gasteiger partial charge on any atom is -0.497 e. The molecular formula is C21H18N2O3. The maximum Gasteiger partial charge on any atom is 0.205 e. The van der Waals surface area contributed by atoms with Crippen LogP contribution in [-0.4, -0.2) is 25.0 Å². The zero-order valence-corrected chi connectivity index (χ0v) is 14.8. The lowest BCUT2D eigenvalue weighted by molar-refractivity contribution is 0.104. The zero-order valence-electron chi connectivity index (χ0n) is 14.8. The van der Waals surface area contributed by atoms with Gasteiger partial charge in [-0.3, -0.25) is 4.79 Å². The van der Waals surface area contributed by atoms with Gasteiger partial charge >= 0.3 is 0 Å². The summed E-state index contributed by atoms with van der Waals surface area (Å²) in [5.74, 6) is 0.858. The number of Topliss-reactive ketones (excluding diaryl/α,β-unsaturated/α-hetero) is 1. The highest BCUT2D eigenvalue weighted by Gasteiger charge is 2.19. The number of nitrogens with zero attached hydrogens (tertiary/aromatic N) is 1. The van der Waals surface area contributed by atoms with E-state index >= 15 is 0 Å². The lowest BCUT2D eigenvalue weighted by atomic mass is 9.99. The number of benzene rings is 2. The molecule has 1 heterocycles. The summed E-state index contributed by atoms with van der Waals surface area (Å²) in [5.41, 5.74) is 2.83. The minimum atomic E-state index is -0.316. The highest BCUT2D eigenvalue weighted by molar-refractivity contribution is 6.20. The number of fused-ring (bicyclic) bond motifs is 1. The second-order valence-corrected chi connectivity index (χ2v) is 5.82. The van der Waals surface area contributed by atoms with Crippen LogP contribution in [0.4, 0.5) is 0 Å². The van der Waals surface area contributed by atoms with Crippen molar-refractivity contribution in [3.8, 4) is 17.6 Å². The van der Waals surface area contributed by atoms with Gasteiger partial charge < -0.3 is 14.5 Å². The van der Waals surface area contributed by atoms with E-state index in [4.69, 9.17) is 9.47 Å². The first-order valence-electron chi connectivity index (χ1n) is 8.04. The third kappa shape index (κ3) is 3.17. The number of allylic oxidation sites excluding steroid dienone is 1. The normalized spacial score (nSPS) is 11.2. The van der Waals surface area contributed by atoms with Crippen molar-refractivity contribution in [2.75, 3.05) is 14.2 Å². The molecule has 26 heavy (non-hydrogen) atoms. The summed E-state index contributed by atoms with van der Waals surface area (Å²) in [6.45, 7) is 1.83. The van der Waals surface area contributed by atoms with Crippen LogP contribution in [0.2, 0.25) is 0 Å². The van der Waals surface area contributed by atoms with E-state index in [-0.39, 0.29) is 11.4 Å². The molecule has 0 spiro atoms. The molecular weight excluding hydrogens is 328 g/mol. The first-order valence-corrected chi connectivity index (χ1v) is 8.04. The van der Waals surface area contributed by atoms with Crippen molar-refractivity contribution in [3.63, 3.8) is 0 Å². The number of ether oxygens (including phenoxy) is 2. The number of aromatic amines is 1. The first kappa shape index (κ1) is 17.3. The fraction of sp³-hybridized carbons (Fsp3) is 0.143. The van der Waals surface area contributed by atoms with Crippen LogP contribution in [0, 0.1) is 18.3 Å². The Balaban J connectivity index is 2.09. The summed E-state index contributed by atoms with van der Waals surface area (Å²) in [7, 11) is 3.10. The number of ketones is 1. The van der Waals surface area contributed by atoms with Crippen LogP contribution in [0.25, 0.3) is 17.0 Å². The number of carbonyl (C=O) groups is 1. The van der Waals surface area contributed by atoms with Gasteiger partial charge in [0.1, 0.15) is 23.1 Å². The maximum atomic E-state index is 13.0. The van der Waals surface area contributed by atoms with Crippen molar-refractivity contribution in [2.45, 2.75) is 6.92 Å². The molecule has 0 atom stereocenters. The van der Waals surface area contributed by atoms with Gasteiger partial charge in [-0.05, 0) is 36.8 Å². The Morgan fingerprint density at radius 3 is 2.38 bits per heavy atom. The molecule has 3 aromatic rings. The second kappa shape index (κ2) is 7.16. The highest BCUT2D eigenvalue weighted by Crippen LogP contribution is 2.27. The third-order valence-corrected chi connectivity index (χ3v) is 4.17. The Morgan fingerprint density at radius 1 is 1.12 bits per heavy atom. The summed E-state index contributed by atoms with van der Waals surface area (Å²) in [5, 5.41) is 10.4. The van der Waals surface area contributed by atoms with E-state index in [0.29, 0.717) is 22.6 Å². The van der Waals surface area contributed by atoms with E-state index in [1.165, 1.54) is 0 Å². The number of nitriles is 1. The molecule has 0 bridgehead atoms. The number of aromatic nitrogens is 1. The zero-order chi connectivity index (χ0) is 18.7. The number of aryl methyl sites for hydroxylation is 1. The topological polar surface area (TPSA) is 75.1 Å². The molecule has 0 saturated carbocycles. The van der Waals surface area contributed by atoms with Crippen molar-refractivity contribution < 1.29 is 14.3 Å². The number of hydrogen-bond donors (Lipinski definition) is 1. The predicted molar refractivity (Wildman–Crippen MR) is 101 cm³/mol. The molecule has 0 unspecified atom stereocenters. The number of H-pyrrole nitrogens is 1. The van der Waals surface area contributed by atoms with Gasteiger partial charge in [0.25, 0.3) is 0 Å². The minimum absolute atomic E-state index is 0.0492. The van der Waals surface area contributed by atoms with Gasteiger partial charge in [0.05, 0.1) is 19.8 Å². The van der Waals surface area contributed by atoms with Crippen molar-refractivity contribution >= 4 is 22.8 Å². The van der Waals surface area contributed by atoms with E-state index < -0.39 is 0 Å². The average molecular weight is 346 g/mol. The molecule has 0 fully saturated rings. The smallest absolute Gasteiger partial charge is 0.205 e. The van der Waals surface area contributed by atoms with Gasteiger partial charge in [-0.25, -0.2) is 0 Å². The monoisotopic (exact) mass is 346 g/mol. The van der Waals surface area contributed by atoms with Crippen LogP contribution in [0.15, 0.2) is 48.0 Å². The Bertz CT molecular complexity index is 1030. The Labute approximate surface area is 151 Å². The molecule has 1 aromatic heterocycles. The average Bonchev–Trinajstić information content (AvgIpc) is 3.00. The molecule has 0 aliphatic carbocycles. The van der Waals surface area contributed by atoms with E-state index in [1.54, 1.807) is 38.5 Å². The number of nitrogens with one attached hydrogen (secondary N) is 1. The van der Waals surface area contributed by atoms with Crippen LogP contribution in [-0.2, 0) is 0 Å². The second-order valence-electron chi connectivity index (χ2n) is 5.82. The van der Waals surface area contributed by atoms with Crippen molar-refractivity contribution in [2.24, 2.45) is 0 Å². The number of hydrogen-bond acceptors (Lipinski definition) is 4. The summed E-state index contributed by atoms with van der Waals surface area (Å²) >= 11 is 0. The molecule has 0 amide bonds. The van der Waals surface area contributed by atoms with Crippen molar-refractivity contribution in [1.29, 1.82) is 5.26 Å². The quantitative estimate of drug-likeness (QED) is 0.425. The summed E-state index contributed by atoms with van der Waals surface area (Å²) in [6.07, 6.45) is 1.55. The maximum absolute atomic E-state index is 13.0. The van der Waals surface area contributed by atoms with Gasteiger partial charge in [0, 0.05) is 22.7 Å². The predicted octanol–water partition coefficient (Wildman–Crippen LogP) is 4.28. The number of rotatable bonds is 5. The number of methoxy groups -OCH3 is 2. The highest BCUT2D eigenvalue weighted by atomic mass is 16.5. The molecule has 5 nitrogen and oxygen atoms in total. The van der Waals surface area contributed by atoms with E-state index in [0.717, 1.165) is 16.6 Å². The van der Waals surface area contributed by atoms with Gasteiger partial charge in [0.15, 0.2) is 0 Å². The Hall–Kier alpha value is -3.52. The van der Waals surface area contributed by atoms with E-state index in [9.17, 15) is 10.1 Å². The standard InChI is InChI=1S/C21H18N2O3/c1-13-20(18-6-4-5-7-19(18)23-13)21(24)15(12-22)8-14-9-16(25-2)11-17(10-14)26-3/h4-11,23H,1-3H3/b15-8+. The third-order valence-electron chi connectivity index (χ3n) is 4.17. The van der Waals surface area contributed by atoms with E-state index in [1.807, 2.05) is 37.3 Å². The molecule has 5 heteroatoms. The Kier molecular flexibility index (Phi) is 4.76. The van der Waals surface area contributed by atoms with Crippen LogP contribution in [0.5, 0.6) is 11.5 Å². The molecule has 0 radical (unpaired) electrons. The molecule has 0 aliphatic heterocycles. The summed E-state index contributed by atoms with van der Waals surface area (Å²) in [4.78, 5) is 16.2. The molecule has 0 aliphatic rings. The lowest BCUT2D eigenvalue weighted by Gasteiger charge is -2.06. The van der Waals surface area contributed by atoms with Crippen LogP contribution < -0.4 is 9.47 Å². The van der Waals surface area contributed by atoms with Crippen molar-refractivity contribution in [3.05, 3.63) is 64.9 Å². The molecule has 2 aromatic carbocycles. The first-order chi connectivity index (χ1) is 12.6. The summed E-state index contributed by atoms with van der Waals surface area (Å²) in [6, 6.07) is 14.8. The van der Waals surface area contributed by atoms with Crippen LogP contribution in [0.1, 0.15) is 21.6 Å². The van der Waals surface area contributed by atoms with Gasteiger partial charge in [0.2, 0.25) is 5.78 Å². The largest absolute Gasteiger partial charge is 0.497 e. The van der Waals surface area contributed by atoms with Crippen molar-refractivity contribution in [1.82, 2.24) is 4.98 Å². The fourth-order valence-electron chi connectivity index (χ4n) is 2.93. The van der Waals surface area contributed by atoms with Crippen LogP contribution >= 0.6 is 0 Å². The van der Waals surface area contributed by atoms with Gasteiger partial charge in [-0.15, -0.1) is 0 Å². The van der Waals surface area contributed by atoms with Gasteiger partial charge in [-0.2, -0.15) is 5.26 Å². The molecule has 1 N–H and O–H groups in total. The Morgan fingerprint density at radius 2 is 1.77 bits per heavy atom. The molecule has 3 rings (SSSR count). The number of para-hydroxylation sites is 1. The summed E-state index contributed by atoms with van der Waals surface area (Å²) < 4.78 is 10.5. The van der Waals surface area contributed by atoms with E-state index in [2.05, 4.69) is 4.98 Å². The lowest BCUT2D eigenvalue weighted by Crippen LogP contribution is -2.03. The van der Waals surface area contributed by atoms with Gasteiger partial charge in [-0.1, -0.05) is 18.2 Å². The number of carbonyl (C=O) groups excluding carboxylic acids is 1. The molecule has 130 valence electrons. The van der Waals surface area contributed by atoms with Crippen LogP contribution in [0.3, 0.4) is 0 Å². The molecule has 0 saturated heterocycles.